The van der Waals surface area contributed by atoms with Crippen LogP contribution >= 0.6 is 0 Å². The van der Waals surface area contributed by atoms with E-state index < -0.39 is 5.97 Å². The average molecular weight is 504 g/mol. The number of hydrogen-bond donors (Lipinski definition) is 1. The molecule has 2 fully saturated rings. The molecule has 1 saturated heterocycles. The van der Waals surface area contributed by atoms with E-state index in [9.17, 15) is 4.79 Å². The highest BCUT2D eigenvalue weighted by Crippen LogP contribution is 2.44. The monoisotopic (exact) mass is 503 g/mol. The summed E-state index contributed by atoms with van der Waals surface area (Å²) in [5.74, 6) is 0.884. The predicted molar refractivity (Wildman–Crippen MR) is 146 cm³/mol. The minimum Gasteiger partial charge on any atom is -0.493 e. The Hall–Kier alpha value is -3.38. The molecule has 2 aliphatic rings. The number of allylic oxidation sites excluding steroid dienone is 3. The lowest BCUT2D eigenvalue weighted by Gasteiger charge is -2.22. The number of carboxylic acid groups (broad SMARTS) is 1. The van der Waals surface area contributed by atoms with Gasteiger partial charge in [0.2, 0.25) is 0 Å². The molecule has 1 N–H and O–H groups in total. The van der Waals surface area contributed by atoms with Crippen molar-refractivity contribution in [3.05, 3.63) is 77.2 Å². The minimum atomic E-state index is -0.786. The smallest absolute Gasteiger partial charge is 0.307 e. The van der Waals surface area contributed by atoms with Crippen LogP contribution in [0, 0.1) is 31.6 Å². The van der Waals surface area contributed by atoms with Crippen LogP contribution in [-0.2, 0) is 20.9 Å². The molecule has 196 valence electrons. The van der Waals surface area contributed by atoms with Crippen molar-refractivity contribution in [2.24, 2.45) is 22.7 Å². The number of carboxylic acids is 1. The molecule has 0 unspecified atom stereocenters. The summed E-state index contributed by atoms with van der Waals surface area (Å²) in [7, 11) is 0. The first-order valence-corrected chi connectivity index (χ1v) is 13.0. The molecule has 1 aliphatic carbocycles. The Morgan fingerprint density at radius 2 is 1.89 bits per heavy atom. The highest BCUT2D eigenvalue weighted by atomic mass is 16.5. The largest absolute Gasteiger partial charge is 0.493 e. The van der Waals surface area contributed by atoms with Crippen molar-refractivity contribution in [2.75, 3.05) is 19.8 Å². The summed E-state index contributed by atoms with van der Waals surface area (Å²) < 4.78 is 17.6. The summed E-state index contributed by atoms with van der Waals surface area (Å²) in [5, 5.41) is 9.09. The van der Waals surface area contributed by atoms with Gasteiger partial charge in [0.1, 0.15) is 18.1 Å². The van der Waals surface area contributed by atoms with Crippen LogP contribution in [0.5, 0.6) is 5.75 Å². The summed E-state index contributed by atoms with van der Waals surface area (Å²) in [6.07, 6.45) is 6.19. The molecule has 0 aromatic heterocycles. The number of aliphatic imine (C=N–C) groups is 1. The van der Waals surface area contributed by atoms with Gasteiger partial charge in [-0.05, 0) is 98.0 Å². The van der Waals surface area contributed by atoms with Gasteiger partial charge in [-0.3, -0.25) is 9.79 Å². The van der Waals surface area contributed by atoms with E-state index in [1.54, 1.807) is 6.21 Å². The topological polar surface area (TPSA) is 77.3 Å². The Bertz CT molecular complexity index is 1170. The van der Waals surface area contributed by atoms with Gasteiger partial charge >= 0.3 is 5.97 Å². The first-order chi connectivity index (χ1) is 17.9. The van der Waals surface area contributed by atoms with Crippen LogP contribution in [-0.4, -0.2) is 37.1 Å². The molecule has 0 bridgehead atoms. The molecular formula is C31H37NO5. The van der Waals surface area contributed by atoms with E-state index in [0.29, 0.717) is 30.4 Å². The molecule has 1 heterocycles. The van der Waals surface area contributed by atoms with E-state index >= 15 is 0 Å². The summed E-state index contributed by atoms with van der Waals surface area (Å²) in [4.78, 5) is 15.4. The van der Waals surface area contributed by atoms with Crippen molar-refractivity contribution >= 4 is 12.2 Å². The number of nitrogens with zero attached hydrogens (tertiary/aromatic N) is 1. The fraction of sp³-hybridized carbons (Fsp3) is 0.419. The van der Waals surface area contributed by atoms with E-state index in [0.717, 1.165) is 49.5 Å². The Morgan fingerprint density at radius 3 is 2.54 bits per heavy atom. The van der Waals surface area contributed by atoms with Crippen LogP contribution in [0.3, 0.4) is 0 Å². The van der Waals surface area contributed by atoms with Gasteiger partial charge in [-0.15, -0.1) is 0 Å². The second kappa shape index (κ2) is 12.2. The first-order valence-electron chi connectivity index (χ1n) is 13.0. The van der Waals surface area contributed by atoms with E-state index in [1.807, 2.05) is 25.1 Å². The van der Waals surface area contributed by atoms with Gasteiger partial charge in [0.15, 0.2) is 0 Å². The molecular weight excluding hydrogens is 466 g/mol. The quantitative estimate of drug-likeness (QED) is 0.280. The molecule has 2 atom stereocenters. The molecule has 37 heavy (non-hydrogen) atoms. The maximum Gasteiger partial charge on any atom is 0.307 e. The standard InChI is InChI=1S/C31H37NO5/c1-5-26(17-32-22(4)28-16-29(28)31(33)34)36-19-24-7-6-8-25(15-24)30-20(2)13-27(14-21(30)3)37-18-23-9-11-35-12-10-23/h5-8,13-15,17,23,28-29H,4,9-12,16,18-19H2,1-3H3,(H,33,34)/b26-5+,32-17?/t28-,29+/m0/s1. The number of ether oxygens (including phenoxy) is 3. The zero-order valence-corrected chi connectivity index (χ0v) is 22.0. The molecule has 4 rings (SSSR count). The van der Waals surface area contributed by atoms with Gasteiger partial charge in [-0.2, -0.15) is 0 Å². The van der Waals surface area contributed by atoms with Crippen LogP contribution < -0.4 is 4.74 Å². The third-order valence-corrected chi connectivity index (χ3v) is 7.13. The predicted octanol–water partition coefficient (Wildman–Crippen LogP) is 6.50. The summed E-state index contributed by atoms with van der Waals surface area (Å²) in [6, 6.07) is 12.6. The van der Waals surface area contributed by atoms with Crippen LogP contribution in [0.25, 0.3) is 11.1 Å². The van der Waals surface area contributed by atoms with Crippen molar-refractivity contribution in [1.82, 2.24) is 0 Å². The molecule has 2 aromatic rings. The fourth-order valence-corrected chi connectivity index (χ4v) is 4.85. The van der Waals surface area contributed by atoms with Gasteiger partial charge in [-0.25, -0.2) is 0 Å². The van der Waals surface area contributed by atoms with Gasteiger partial charge < -0.3 is 19.3 Å². The summed E-state index contributed by atoms with van der Waals surface area (Å²) in [6.45, 7) is 12.9. The van der Waals surface area contributed by atoms with Crippen molar-refractivity contribution in [2.45, 2.75) is 46.6 Å². The third kappa shape index (κ3) is 7.10. The summed E-state index contributed by atoms with van der Waals surface area (Å²) in [5.41, 5.74) is 6.35. The molecule has 6 nitrogen and oxygen atoms in total. The number of rotatable bonds is 11. The average Bonchev–Trinajstić information content (AvgIpc) is 3.70. The summed E-state index contributed by atoms with van der Waals surface area (Å²) >= 11 is 0. The fourth-order valence-electron chi connectivity index (χ4n) is 4.85. The zero-order valence-electron chi connectivity index (χ0n) is 22.0. The lowest BCUT2D eigenvalue weighted by atomic mass is 9.94. The number of aliphatic carboxylic acids is 1. The molecule has 0 spiro atoms. The van der Waals surface area contributed by atoms with E-state index in [4.69, 9.17) is 19.3 Å². The Kier molecular flexibility index (Phi) is 8.82. The maximum atomic E-state index is 11.1. The molecule has 1 saturated carbocycles. The Morgan fingerprint density at radius 1 is 1.16 bits per heavy atom. The van der Waals surface area contributed by atoms with E-state index in [-0.39, 0.29) is 11.8 Å². The van der Waals surface area contributed by atoms with Crippen LogP contribution in [0.1, 0.15) is 42.9 Å². The first kappa shape index (κ1) is 26.7. The normalized spacial score (nSPS) is 20.1. The molecule has 1 aliphatic heterocycles. The number of benzene rings is 2. The number of carbonyl (C=O) groups is 1. The zero-order chi connectivity index (χ0) is 26.4. The Balaban J connectivity index is 1.37. The molecule has 0 radical (unpaired) electrons. The van der Waals surface area contributed by atoms with Gasteiger partial charge in [0.25, 0.3) is 0 Å². The Labute approximate surface area is 219 Å². The lowest BCUT2D eigenvalue weighted by molar-refractivity contribution is -0.138. The van der Waals surface area contributed by atoms with Gasteiger partial charge in [-0.1, -0.05) is 24.8 Å². The number of hydrogen-bond acceptors (Lipinski definition) is 5. The second-order valence-corrected chi connectivity index (χ2v) is 10.0. The lowest BCUT2D eigenvalue weighted by Crippen LogP contribution is -2.21. The third-order valence-electron chi connectivity index (χ3n) is 7.13. The number of aryl methyl sites for hydroxylation is 2. The second-order valence-electron chi connectivity index (χ2n) is 10.0. The van der Waals surface area contributed by atoms with Crippen molar-refractivity contribution in [1.29, 1.82) is 0 Å². The van der Waals surface area contributed by atoms with Gasteiger partial charge in [0.05, 0.1) is 18.7 Å². The van der Waals surface area contributed by atoms with E-state index in [2.05, 4.69) is 49.7 Å². The van der Waals surface area contributed by atoms with Gasteiger partial charge in [0, 0.05) is 24.8 Å². The van der Waals surface area contributed by atoms with Crippen LogP contribution in [0.4, 0.5) is 0 Å². The van der Waals surface area contributed by atoms with E-state index in [1.165, 1.54) is 16.7 Å². The SMILES string of the molecule is C=C(N=C/C(=C\C)OCc1cccc(-c2c(C)cc(OCC3CCOCC3)cc2C)c1)[C@@H]1C[C@H]1C(=O)O. The van der Waals surface area contributed by atoms with Crippen molar-refractivity contribution in [3.63, 3.8) is 0 Å². The molecule has 2 aromatic carbocycles. The van der Waals surface area contributed by atoms with Crippen LogP contribution in [0.15, 0.2) is 65.5 Å². The van der Waals surface area contributed by atoms with Crippen molar-refractivity contribution < 1.29 is 24.1 Å². The molecule has 0 amide bonds. The highest BCUT2D eigenvalue weighted by Gasteiger charge is 2.45. The molecule has 6 heteroatoms. The minimum absolute atomic E-state index is 0.0753. The van der Waals surface area contributed by atoms with Crippen LogP contribution in [0.2, 0.25) is 0 Å². The van der Waals surface area contributed by atoms with Crippen molar-refractivity contribution in [3.8, 4) is 16.9 Å². The highest BCUT2D eigenvalue weighted by molar-refractivity contribution is 5.78. The maximum absolute atomic E-state index is 11.1.